The molecule has 0 saturated carbocycles. The molecule has 3 heteroatoms. The Kier molecular flexibility index (Phi) is 7.39. The number of aliphatic carboxylic acids is 1. The second kappa shape index (κ2) is 7.66. The second-order valence-corrected chi connectivity index (χ2v) is 4.61. The Morgan fingerprint density at radius 1 is 1.19 bits per heavy atom. The first kappa shape index (κ1) is 15.4. The topological polar surface area (TPSA) is 49.3 Å². The van der Waals surface area contributed by atoms with Crippen molar-refractivity contribution in [2.75, 3.05) is 13.1 Å². The summed E-state index contributed by atoms with van der Waals surface area (Å²) in [5.41, 5.74) is -0.577. The van der Waals surface area contributed by atoms with E-state index in [1.54, 1.807) is 0 Å². The van der Waals surface area contributed by atoms with Gasteiger partial charge < -0.3 is 10.4 Å². The molecule has 0 unspecified atom stereocenters. The van der Waals surface area contributed by atoms with Crippen LogP contribution in [0.15, 0.2) is 0 Å². The third kappa shape index (κ3) is 4.12. The van der Waals surface area contributed by atoms with Crippen LogP contribution in [0.25, 0.3) is 0 Å². The van der Waals surface area contributed by atoms with Crippen LogP contribution >= 0.6 is 0 Å². The van der Waals surface area contributed by atoms with Gasteiger partial charge in [-0.05, 0) is 25.3 Å². The fourth-order valence-corrected chi connectivity index (χ4v) is 1.97. The fraction of sp³-hybridized carbons (Fsp3) is 0.923. The van der Waals surface area contributed by atoms with Crippen molar-refractivity contribution in [3.63, 3.8) is 0 Å². The molecule has 16 heavy (non-hydrogen) atoms. The Hall–Kier alpha value is -0.570. The van der Waals surface area contributed by atoms with Crippen LogP contribution in [0.5, 0.6) is 0 Å². The van der Waals surface area contributed by atoms with E-state index in [-0.39, 0.29) is 0 Å². The molecule has 0 heterocycles. The molecule has 0 aromatic rings. The van der Waals surface area contributed by atoms with E-state index in [1.165, 1.54) is 0 Å². The van der Waals surface area contributed by atoms with E-state index in [0.29, 0.717) is 25.3 Å². The summed E-state index contributed by atoms with van der Waals surface area (Å²) in [7, 11) is 0. The molecule has 96 valence electrons. The average molecular weight is 229 g/mol. The number of hydrogen-bond acceptors (Lipinski definition) is 2. The molecule has 0 aliphatic rings. The summed E-state index contributed by atoms with van der Waals surface area (Å²) in [6.45, 7) is 9.79. The van der Waals surface area contributed by atoms with Gasteiger partial charge in [0.2, 0.25) is 0 Å². The van der Waals surface area contributed by atoms with Crippen molar-refractivity contribution in [3.05, 3.63) is 0 Å². The lowest BCUT2D eigenvalue weighted by Crippen LogP contribution is -2.41. The van der Waals surface area contributed by atoms with Crippen LogP contribution in [0.4, 0.5) is 0 Å². The van der Waals surface area contributed by atoms with Gasteiger partial charge in [0.15, 0.2) is 0 Å². The molecular weight excluding hydrogens is 202 g/mol. The van der Waals surface area contributed by atoms with E-state index in [9.17, 15) is 9.90 Å². The van der Waals surface area contributed by atoms with Crippen LogP contribution in [-0.4, -0.2) is 24.2 Å². The normalized spacial score (nSPS) is 12.1. The number of nitrogens with one attached hydrogen (secondary N) is 1. The Bertz CT molecular complexity index is 196. The van der Waals surface area contributed by atoms with Crippen LogP contribution in [0.3, 0.4) is 0 Å². The first-order valence-electron chi connectivity index (χ1n) is 6.50. The Balaban J connectivity index is 4.17. The molecule has 0 spiro atoms. The molecule has 0 aliphatic carbocycles. The Labute approximate surface area is 99.6 Å². The molecule has 0 radical (unpaired) electrons. The first-order valence-corrected chi connectivity index (χ1v) is 6.50. The van der Waals surface area contributed by atoms with Crippen molar-refractivity contribution in [3.8, 4) is 0 Å². The lowest BCUT2D eigenvalue weighted by atomic mass is 9.82. The second-order valence-electron chi connectivity index (χ2n) is 4.61. The third-order valence-electron chi connectivity index (χ3n) is 3.86. The average Bonchev–Trinajstić information content (AvgIpc) is 2.30. The number of rotatable bonds is 9. The standard InChI is InChI=1S/C13H27NO2/c1-5-11(6-2)9-14-10-13(7-3,8-4)12(15)16/h11,14H,5-10H2,1-4H3,(H,15,16). The zero-order valence-electron chi connectivity index (χ0n) is 11.2. The summed E-state index contributed by atoms with van der Waals surface area (Å²) < 4.78 is 0. The van der Waals surface area contributed by atoms with Gasteiger partial charge in [0.1, 0.15) is 0 Å². The quantitative estimate of drug-likeness (QED) is 0.639. The van der Waals surface area contributed by atoms with Gasteiger partial charge in [0.05, 0.1) is 5.41 Å². The van der Waals surface area contributed by atoms with Crippen LogP contribution in [0, 0.1) is 11.3 Å². The minimum atomic E-state index is -0.672. The van der Waals surface area contributed by atoms with E-state index in [1.807, 2.05) is 13.8 Å². The largest absolute Gasteiger partial charge is 0.481 e. The SMILES string of the molecule is CCC(CC)CNCC(CC)(CC)C(=O)O. The number of carboxylic acids is 1. The van der Waals surface area contributed by atoms with Crippen LogP contribution < -0.4 is 5.32 Å². The number of hydrogen-bond donors (Lipinski definition) is 2. The van der Waals surface area contributed by atoms with Gasteiger partial charge in [0.25, 0.3) is 0 Å². The fourth-order valence-electron chi connectivity index (χ4n) is 1.97. The molecule has 0 aromatic carbocycles. The van der Waals surface area contributed by atoms with Crippen molar-refractivity contribution in [1.82, 2.24) is 5.32 Å². The summed E-state index contributed by atoms with van der Waals surface area (Å²) in [5, 5.41) is 12.6. The Morgan fingerprint density at radius 3 is 2.00 bits per heavy atom. The van der Waals surface area contributed by atoms with Gasteiger partial charge >= 0.3 is 5.97 Å². The summed E-state index contributed by atoms with van der Waals surface area (Å²) in [6.07, 6.45) is 3.69. The number of carbonyl (C=O) groups is 1. The molecule has 0 aromatic heterocycles. The highest BCUT2D eigenvalue weighted by Gasteiger charge is 2.34. The summed E-state index contributed by atoms with van der Waals surface area (Å²) in [6, 6.07) is 0. The predicted octanol–water partition coefficient (Wildman–Crippen LogP) is 2.90. The molecule has 0 saturated heterocycles. The predicted molar refractivity (Wildman–Crippen MR) is 67.6 cm³/mol. The molecule has 2 N–H and O–H groups in total. The van der Waals surface area contributed by atoms with E-state index in [4.69, 9.17) is 0 Å². The van der Waals surface area contributed by atoms with Crippen molar-refractivity contribution in [2.45, 2.75) is 53.4 Å². The van der Waals surface area contributed by atoms with Crippen LogP contribution in [0.1, 0.15) is 53.4 Å². The minimum absolute atomic E-state index is 0.577. The molecular formula is C13H27NO2. The monoisotopic (exact) mass is 229 g/mol. The van der Waals surface area contributed by atoms with Gasteiger partial charge in [0, 0.05) is 6.54 Å². The van der Waals surface area contributed by atoms with E-state index in [0.717, 1.165) is 19.4 Å². The van der Waals surface area contributed by atoms with E-state index < -0.39 is 11.4 Å². The summed E-state index contributed by atoms with van der Waals surface area (Å²) in [4.78, 5) is 11.3. The highest BCUT2D eigenvalue weighted by atomic mass is 16.4. The molecule has 0 rings (SSSR count). The minimum Gasteiger partial charge on any atom is -0.481 e. The van der Waals surface area contributed by atoms with Crippen LogP contribution in [0.2, 0.25) is 0 Å². The van der Waals surface area contributed by atoms with E-state index >= 15 is 0 Å². The highest BCUT2D eigenvalue weighted by molar-refractivity contribution is 5.74. The zero-order valence-corrected chi connectivity index (χ0v) is 11.2. The van der Waals surface area contributed by atoms with Crippen molar-refractivity contribution in [1.29, 1.82) is 0 Å². The summed E-state index contributed by atoms with van der Waals surface area (Å²) >= 11 is 0. The smallest absolute Gasteiger partial charge is 0.310 e. The molecule has 0 aliphatic heterocycles. The van der Waals surface area contributed by atoms with Crippen molar-refractivity contribution >= 4 is 5.97 Å². The van der Waals surface area contributed by atoms with Crippen molar-refractivity contribution < 1.29 is 9.90 Å². The first-order chi connectivity index (χ1) is 7.56. The highest BCUT2D eigenvalue weighted by Crippen LogP contribution is 2.25. The number of carboxylic acid groups (broad SMARTS) is 1. The van der Waals surface area contributed by atoms with Gasteiger partial charge in [-0.2, -0.15) is 0 Å². The lowest BCUT2D eigenvalue weighted by Gasteiger charge is -2.28. The molecule has 0 fully saturated rings. The maximum absolute atomic E-state index is 11.3. The van der Waals surface area contributed by atoms with Gasteiger partial charge in [-0.1, -0.05) is 40.5 Å². The van der Waals surface area contributed by atoms with Crippen molar-refractivity contribution in [2.24, 2.45) is 11.3 Å². The Morgan fingerprint density at radius 2 is 1.69 bits per heavy atom. The van der Waals surface area contributed by atoms with Gasteiger partial charge in [-0.3, -0.25) is 4.79 Å². The summed E-state index contributed by atoms with van der Waals surface area (Å²) in [5.74, 6) is -0.00486. The maximum Gasteiger partial charge on any atom is 0.310 e. The third-order valence-corrected chi connectivity index (χ3v) is 3.86. The molecule has 3 nitrogen and oxygen atoms in total. The van der Waals surface area contributed by atoms with Gasteiger partial charge in [-0.25, -0.2) is 0 Å². The molecule has 0 amide bonds. The van der Waals surface area contributed by atoms with Gasteiger partial charge in [-0.15, -0.1) is 0 Å². The molecule has 0 bridgehead atoms. The van der Waals surface area contributed by atoms with Crippen LogP contribution in [-0.2, 0) is 4.79 Å². The lowest BCUT2D eigenvalue weighted by molar-refractivity contribution is -0.149. The maximum atomic E-state index is 11.3. The van der Waals surface area contributed by atoms with E-state index in [2.05, 4.69) is 19.2 Å². The zero-order chi connectivity index (χ0) is 12.6. The molecule has 0 atom stereocenters.